The molecule has 1 saturated heterocycles. The second-order valence-electron chi connectivity index (χ2n) is 7.44. The SMILES string of the molecule is COc1cc([N+](=O)[O-])cc(/C=C2\SC(=O)N(CC(=O)N3CCc4ccccc4C3)C2=O)c1O. The van der Waals surface area contributed by atoms with Gasteiger partial charge in [-0.25, -0.2) is 0 Å². The maximum atomic E-state index is 12.8. The first-order valence-corrected chi connectivity index (χ1v) is 10.8. The van der Waals surface area contributed by atoms with Crippen LogP contribution in [0.15, 0.2) is 41.3 Å². The number of benzene rings is 2. The molecule has 2 aromatic rings. The summed E-state index contributed by atoms with van der Waals surface area (Å²) in [5, 5.41) is 20.8. The minimum absolute atomic E-state index is 0.0504. The number of thioether (sulfide) groups is 1. The number of nitro benzene ring substituents is 1. The Hall–Kier alpha value is -3.86. The van der Waals surface area contributed by atoms with Gasteiger partial charge in [-0.15, -0.1) is 0 Å². The summed E-state index contributed by atoms with van der Waals surface area (Å²) < 4.78 is 4.95. The van der Waals surface area contributed by atoms with E-state index < -0.39 is 28.4 Å². The Balaban J connectivity index is 1.53. The summed E-state index contributed by atoms with van der Waals surface area (Å²) in [6.45, 7) is 0.486. The van der Waals surface area contributed by atoms with Gasteiger partial charge in [-0.2, -0.15) is 0 Å². The third-order valence-electron chi connectivity index (χ3n) is 5.46. The van der Waals surface area contributed by atoms with Crippen LogP contribution in [0.1, 0.15) is 16.7 Å². The molecule has 2 aliphatic rings. The van der Waals surface area contributed by atoms with E-state index in [1.807, 2.05) is 24.3 Å². The molecule has 1 N–H and O–H groups in total. The zero-order valence-corrected chi connectivity index (χ0v) is 18.3. The smallest absolute Gasteiger partial charge is 0.294 e. The van der Waals surface area contributed by atoms with Crippen LogP contribution in [0, 0.1) is 10.1 Å². The normalized spacial score (nSPS) is 16.8. The number of methoxy groups -OCH3 is 1. The van der Waals surface area contributed by atoms with Gasteiger partial charge in [0.05, 0.1) is 23.0 Å². The van der Waals surface area contributed by atoms with Gasteiger partial charge in [0.1, 0.15) is 6.54 Å². The van der Waals surface area contributed by atoms with Gasteiger partial charge in [-0.05, 0) is 35.4 Å². The minimum Gasteiger partial charge on any atom is -0.504 e. The number of aromatic hydroxyl groups is 1. The number of ether oxygens (including phenoxy) is 1. The van der Waals surface area contributed by atoms with Gasteiger partial charge >= 0.3 is 0 Å². The predicted molar refractivity (Wildman–Crippen MR) is 120 cm³/mol. The Morgan fingerprint density at radius 2 is 2.00 bits per heavy atom. The highest BCUT2D eigenvalue weighted by Crippen LogP contribution is 2.39. The van der Waals surface area contributed by atoms with E-state index in [1.54, 1.807) is 4.90 Å². The molecule has 10 nitrogen and oxygen atoms in total. The van der Waals surface area contributed by atoms with Crippen molar-refractivity contribution in [2.45, 2.75) is 13.0 Å². The number of amides is 3. The van der Waals surface area contributed by atoms with E-state index in [1.165, 1.54) is 18.7 Å². The lowest BCUT2D eigenvalue weighted by Crippen LogP contribution is -2.44. The molecule has 0 saturated carbocycles. The molecule has 2 heterocycles. The van der Waals surface area contributed by atoms with Gasteiger partial charge in [0.15, 0.2) is 11.5 Å². The molecule has 33 heavy (non-hydrogen) atoms. The molecule has 0 aliphatic carbocycles. The van der Waals surface area contributed by atoms with Gasteiger partial charge in [-0.3, -0.25) is 29.4 Å². The summed E-state index contributed by atoms with van der Waals surface area (Å²) in [5.41, 5.74) is 1.80. The van der Waals surface area contributed by atoms with Crippen molar-refractivity contribution >= 4 is 40.6 Å². The number of hydrogen-bond donors (Lipinski definition) is 1. The monoisotopic (exact) mass is 469 g/mol. The fourth-order valence-corrected chi connectivity index (χ4v) is 4.54. The van der Waals surface area contributed by atoms with Crippen molar-refractivity contribution in [1.82, 2.24) is 9.80 Å². The quantitative estimate of drug-likeness (QED) is 0.402. The molecule has 0 aromatic heterocycles. The number of nitrogens with zero attached hydrogens (tertiary/aromatic N) is 3. The number of carbonyl (C=O) groups is 3. The average Bonchev–Trinajstić information content (AvgIpc) is 3.07. The molecule has 4 rings (SSSR count). The van der Waals surface area contributed by atoms with Crippen molar-refractivity contribution in [1.29, 1.82) is 0 Å². The summed E-state index contributed by atoms with van der Waals surface area (Å²) in [5.74, 6) is -1.61. The number of phenolic OH excluding ortho intramolecular Hbond substituents is 1. The number of rotatable bonds is 5. The van der Waals surface area contributed by atoms with Crippen molar-refractivity contribution in [2.24, 2.45) is 0 Å². The van der Waals surface area contributed by atoms with Crippen molar-refractivity contribution in [3.63, 3.8) is 0 Å². The second-order valence-corrected chi connectivity index (χ2v) is 8.44. The van der Waals surface area contributed by atoms with Crippen LogP contribution in [0.5, 0.6) is 11.5 Å². The average molecular weight is 469 g/mol. The zero-order chi connectivity index (χ0) is 23.7. The third-order valence-corrected chi connectivity index (χ3v) is 6.36. The van der Waals surface area contributed by atoms with Gasteiger partial charge in [0, 0.05) is 24.7 Å². The third kappa shape index (κ3) is 4.40. The Morgan fingerprint density at radius 1 is 1.27 bits per heavy atom. The van der Waals surface area contributed by atoms with Gasteiger partial charge in [-0.1, -0.05) is 24.3 Å². The van der Waals surface area contributed by atoms with Crippen molar-refractivity contribution in [2.75, 3.05) is 20.2 Å². The molecule has 0 unspecified atom stereocenters. The van der Waals surface area contributed by atoms with Crippen LogP contribution in [-0.4, -0.2) is 57.1 Å². The highest BCUT2D eigenvalue weighted by molar-refractivity contribution is 8.18. The highest BCUT2D eigenvalue weighted by atomic mass is 32.2. The van der Waals surface area contributed by atoms with Gasteiger partial charge < -0.3 is 14.7 Å². The van der Waals surface area contributed by atoms with E-state index in [-0.39, 0.29) is 27.8 Å². The highest BCUT2D eigenvalue weighted by Gasteiger charge is 2.37. The first kappa shape index (κ1) is 22.3. The summed E-state index contributed by atoms with van der Waals surface area (Å²) >= 11 is 0.596. The lowest BCUT2D eigenvalue weighted by Gasteiger charge is -2.29. The Kier molecular flexibility index (Phi) is 6.05. The lowest BCUT2D eigenvalue weighted by atomic mass is 10.00. The summed E-state index contributed by atoms with van der Waals surface area (Å²) in [6, 6.07) is 9.91. The number of phenols is 1. The van der Waals surface area contributed by atoms with Gasteiger partial charge in [0.2, 0.25) is 5.91 Å². The maximum absolute atomic E-state index is 12.8. The Morgan fingerprint density at radius 3 is 2.70 bits per heavy atom. The fourth-order valence-electron chi connectivity index (χ4n) is 3.71. The van der Waals surface area contributed by atoms with Crippen molar-refractivity contribution < 1.29 is 29.2 Å². The molecular weight excluding hydrogens is 450 g/mol. The van der Waals surface area contributed by atoms with Crippen LogP contribution in [0.25, 0.3) is 6.08 Å². The topological polar surface area (TPSA) is 130 Å². The molecule has 170 valence electrons. The number of imide groups is 1. The van der Waals surface area contributed by atoms with E-state index in [4.69, 9.17) is 4.74 Å². The van der Waals surface area contributed by atoms with E-state index in [0.29, 0.717) is 31.3 Å². The molecule has 0 radical (unpaired) electrons. The van der Waals surface area contributed by atoms with Crippen LogP contribution in [-0.2, 0) is 22.6 Å². The van der Waals surface area contributed by atoms with Crippen LogP contribution < -0.4 is 4.74 Å². The van der Waals surface area contributed by atoms with E-state index in [2.05, 4.69) is 0 Å². The fraction of sp³-hybridized carbons (Fsp3) is 0.227. The second kappa shape index (κ2) is 8.94. The summed E-state index contributed by atoms with van der Waals surface area (Å²) in [6.07, 6.45) is 1.87. The first-order chi connectivity index (χ1) is 15.8. The number of nitro groups is 1. The van der Waals surface area contributed by atoms with Crippen molar-refractivity contribution in [3.8, 4) is 11.5 Å². The summed E-state index contributed by atoms with van der Waals surface area (Å²) in [7, 11) is 1.24. The maximum Gasteiger partial charge on any atom is 0.294 e. The first-order valence-electron chi connectivity index (χ1n) is 9.93. The molecular formula is C22H19N3O7S. The molecule has 2 aliphatic heterocycles. The molecule has 3 amide bonds. The number of carbonyl (C=O) groups excluding carboxylic acids is 3. The molecule has 2 aromatic carbocycles. The molecule has 0 atom stereocenters. The number of hydrogen-bond acceptors (Lipinski definition) is 8. The van der Waals surface area contributed by atoms with Crippen LogP contribution in [0.2, 0.25) is 0 Å². The molecule has 0 bridgehead atoms. The van der Waals surface area contributed by atoms with E-state index >= 15 is 0 Å². The number of fused-ring (bicyclic) bond motifs is 1. The Bertz CT molecular complexity index is 1210. The van der Waals surface area contributed by atoms with Crippen LogP contribution >= 0.6 is 11.8 Å². The standard InChI is InChI=1S/C22H19N3O7S/c1-32-17-10-16(25(30)31)8-15(20(17)27)9-18-21(28)24(22(29)33-18)12-19(26)23-7-6-13-4-2-3-5-14(13)11-23/h2-5,8-10,27H,6-7,11-12H2,1H3/b18-9-. The number of non-ortho nitro benzene ring substituents is 1. The van der Waals surface area contributed by atoms with E-state index in [0.717, 1.165) is 22.6 Å². The van der Waals surface area contributed by atoms with Crippen LogP contribution in [0.3, 0.4) is 0 Å². The minimum atomic E-state index is -0.708. The predicted octanol–water partition coefficient (Wildman–Crippen LogP) is 2.93. The lowest BCUT2D eigenvalue weighted by molar-refractivity contribution is -0.385. The molecule has 0 spiro atoms. The van der Waals surface area contributed by atoms with Crippen molar-refractivity contribution in [3.05, 3.63) is 68.1 Å². The van der Waals surface area contributed by atoms with Crippen LogP contribution in [0.4, 0.5) is 10.5 Å². The molecule has 1 fully saturated rings. The Labute approximate surface area is 192 Å². The largest absolute Gasteiger partial charge is 0.504 e. The zero-order valence-electron chi connectivity index (χ0n) is 17.5. The molecule has 11 heteroatoms. The summed E-state index contributed by atoms with van der Waals surface area (Å²) in [4.78, 5) is 50.9. The van der Waals surface area contributed by atoms with Gasteiger partial charge in [0.25, 0.3) is 16.8 Å². The van der Waals surface area contributed by atoms with E-state index in [9.17, 15) is 29.6 Å².